The number of hydrogen-bond donors (Lipinski definition) is 1. The highest BCUT2D eigenvalue weighted by Crippen LogP contribution is 2.14. The first-order valence-electron chi connectivity index (χ1n) is 4.56. The molecule has 0 bridgehead atoms. The minimum absolute atomic E-state index is 0.250. The van der Waals surface area contributed by atoms with Crippen molar-refractivity contribution in [2.45, 2.75) is 32.3 Å². The van der Waals surface area contributed by atoms with Crippen molar-refractivity contribution in [1.82, 2.24) is 0 Å². The minimum atomic E-state index is 0.250. The Bertz CT molecular complexity index is 79.8. The van der Waals surface area contributed by atoms with Crippen LogP contribution in [0.4, 0.5) is 0 Å². The molecule has 0 spiro atoms. The Morgan fingerprint density at radius 3 is 2.67 bits per heavy atom. The van der Waals surface area contributed by atoms with Crippen LogP contribution < -0.4 is 0 Å². The molecular weight excluding hydrogens is 156 g/mol. The van der Waals surface area contributed by atoms with E-state index in [0.717, 1.165) is 19.6 Å². The number of aliphatic hydroxyl groups excluding tert-OH is 1. The number of methoxy groups -OCH3 is 1. The summed E-state index contributed by atoms with van der Waals surface area (Å²) in [7, 11) is 1.73. The van der Waals surface area contributed by atoms with E-state index in [1.807, 2.05) is 0 Å². The fourth-order valence-corrected chi connectivity index (χ4v) is 1.12. The van der Waals surface area contributed by atoms with E-state index in [9.17, 15) is 0 Å². The Labute approximate surface area is 74.7 Å². The first-order valence-corrected chi connectivity index (χ1v) is 4.56. The largest absolute Gasteiger partial charge is 0.397 e. The van der Waals surface area contributed by atoms with E-state index in [1.54, 1.807) is 14.0 Å². The van der Waals surface area contributed by atoms with Crippen LogP contribution in [0.15, 0.2) is 0 Å². The molecule has 3 nitrogen and oxygen atoms in total. The van der Waals surface area contributed by atoms with Gasteiger partial charge in [0.15, 0.2) is 0 Å². The second kappa shape index (κ2) is 8.97. The van der Waals surface area contributed by atoms with Crippen molar-refractivity contribution in [2.75, 3.05) is 26.9 Å². The molecule has 0 amide bonds. The van der Waals surface area contributed by atoms with Crippen LogP contribution >= 0.6 is 0 Å². The maximum absolute atomic E-state index is 7.57. The second-order valence-electron chi connectivity index (χ2n) is 2.73. The Morgan fingerprint density at radius 1 is 1.58 bits per heavy atom. The van der Waals surface area contributed by atoms with Gasteiger partial charge in [-0.2, -0.15) is 0 Å². The molecule has 1 aliphatic heterocycles. The molecule has 0 aromatic rings. The van der Waals surface area contributed by atoms with Gasteiger partial charge in [-0.1, -0.05) is 0 Å². The zero-order valence-corrected chi connectivity index (χ0v) is 8.08. The molecule has 0 aromatic carbocycles. The zero-order valence-electron chi connectivity index (χ0n) is 8.08. The maximum atomic E-state index is 7.57. The molecule has 74 valence electrons. The van der Waals surface area contributed by atoms with Crippen molar-refractivity contribution in [3.8, 4) is 0 Å². The van der Waals surface area contributed by atoms with Crippen molar-refractivity contribution in [1.29, 1.82) is 0 Å². The third-order valence-corrected chi connectivity index (χ3v) is 1.67. The topological polar surface area (TPSA) is 38.7 Å². The van der Waals surface area contributed by atoms with Crippen LogP contribution in [0, 0.1) is 0 Å². The van der Waals surface area contributed by atoms with E-state index in [4.69, 9.17) is 14.6 Å². The molecular formula is C9H20O3. The molecule has 1 aliphatic rings. The summed E-state index contributed by atoms with van der Waals surface area (Å²) in [6, 6.07) is 0. The molecule has 3 heteroatoms. The Morgan fingerprint density at radius 2 is 2.25 bits per heavy atom. The highest BCUT2D eigenvalue weighted by Gasteiger charge is 2.13. The molecule has 12 heavy (non-hydrogen) atoms. The highest BCUT2D eigenvalue weighted by atomic mass is 16.5. The normalized spacial score (nSPS) is 21.8. The predicted molar refractivity (Wildman–Crippen MR) is 48.2 cm³/mol. The maximum Gasteiger partial charge on any atom is 0.0597 e. The van der Waals surface area contributed by atoms with E-state index in [1.165, 1.54) is 12.8 Å². The third-order valence-electron chi connectivity index (χ3n) is 1.67. The van der Waals surface area contributed by atoms with Gasteiger partial charge in [-0.15, -0.1) is 0 Å². The van der Waals surface area contributed by atoms with Gasteiger partial charge in [-0.25, -0.2) is 0 Å². The summed E-state index contributed by atoms with van der Waals surface area (Å²) in [6.45, 7) is 3.72. The summed E-state index contributed by atoms with van der Waals surface area (Å²) in [5.41, 5.74) is 0. The molecule has 1 N–H and O–H groups in total. The molecule has 0 radical (unpaired) electrons. The smallest absolute Gasteiger partial charge is 0.0597 e. The number of ether oxygens (including phenoxy) is 2. The summed E-state index contributed by atoms with van der Waals surface area (Å²) >= 11 is 0. The van der Waals surface area contributed by atoms with E-state index in [-0.39, 0.29) is 6.61 Å². The quantitative estimate of drug-likeness (QED) is 0.702. The summed E-state index contributed by atoms with van der Waals surface area (Å²) in [4.78, 5) is 0. The second-order valence-corrected chi connectivity index (χ2v) is 2.73. The van der Waals surface area contributed by atoms with Gasteiger partial charge in [-0.3, -0.25) is 0 Å². The summed E-state index contributed by atoms with van der Waals surface area (Å²) in [6.07, 6.45) is 4.01. The Hall–Kier alpha value is -0.120. The van der Waals surface area contributed by atoms with Crippen LogP contribution in [0.1, 0.15) is 26.2 Å². The van der Waals surface area contributed by atoms with Crippen LogP contribution in [-0.4, -0.2) is 38.1 Å². The van der Waals surface area contributed by atoms with Crippen LogP contribution in [0.3, 0.4) is 0 Å². The average Bonchev–Trinajstić information content (AvgIpc) is 2.54. The SMILES string of the molecule is CCO.COCC[C@@H]1CCCO1. The van der Waals surface area contributed by atoms with Crippen LogP contribution in [0.5, 0.6) is 0 Å². The Balaban J connectivity index is 0.000000354. The summed E-state index contributed by atoms with van der Waals surface area (Å²) < 4.78 is 10.3. The first-order chi connectivity index (χ1) is 5.85. The Kier molecular flexibility index (Phi) is 8.88. The summed E-state index contributed by atoms with van der Waals surface area (Å²) in [5.74, 6) is 0. The molecule has 1 atom stereocenters. The van der Waals surface area contributed by atoms with E-state index in [2.05, 4.69) is 0 Å². The fraction of sp³-hybridized carbons (Fsp3) is 1.00. The van der Waals surface area contributed by atoms with Gasteiger partial charge in [0, 0.05) is 26.9 Å². The van der Waals surface area contributed by atoms with Gasteiger partial charge in [-0.05, 0) is 26.2 Å². The molecule has 1 rings (SSSR count). The first kappa shape index (κ1) is 11.9. The number of hydrogen-bond acceptors (Lipinski definition) is 3. The lowest BCUT2D eigenvalue weighted by atomic mass is 10.2. The lowest BCUT2D eigenvalue weighted by Crippen LogP contribution is -2.07. The monoisotopic (exact) mass is 176 g/mol. The summed E-state index contributed by atoms with van der Waals surface area (Å²) in [5, 5.41) is 7.57. The fourth-order valence-electron chi connectivity index (χ4n) is 1.12. The van der Waals surface area contributed by atoms with Crippen molar-refractivity contribution >= 4 is 0 Å². The molecule has 1 saturated heterocycles. The van der Waals surface area contributed by atoms with Crippen LogP contribution in [0.25, 0.3) is 0 Å². The van der Waals surface area contributed by atoms with Gasteiger partial charge in [0.25, 0.3) is 0 Å². The zero-order chi connectivity index (χ0) is 9.23. The van der Waals surface area contributed by atoms with E-state index in [0.29, 0.717) is 6.10 Å². The predicted octanol–water partition coefficient (Wildman–Crippen LogP) is 1.20. The molecule has 1 heterocycles. The van der Waals surface area contributed by atoms with Gasteiger partial charge >= 0.3 is 0 Å². The minimum Gasteiger partial charge on any atom is -0.397 e. The lowest BCUT2D eigenvalue weighted by molar-refractivity contribution is 0.0752. The highest BCUT2D eigenvalue weighted by molar-refractivity contribution is 4.63. The van der Waals surface area contributed by atoms with Gasteiger partial charge < -0.3 is 14.6 Å². The molecule has 0 unspecified atom stereocenters. The molecule has 0 aromatic heterocycles. The molecule has 0 aliphatic carbocycles. The lowest BCUT2D eigenvalue weighted by Gasteiger charge is -2.06. The number of rotatable bonds is 3. The molecule has 0 saturated carbocycles. The van der Waals surface area contributed by atoms with E-state index >= 15 is 0 Å². The van der Waals surface area contributed by atoms with Crippen molar-refractivity contribution in [2.24, 2.45) is 0 Å². The standard InChI is InChI=1S/C7H14O2.C2H6O/c1-8-6-4-7-3-2-5-9-7;1-2-3/h7H,2-6H2,1H3;3H,2H2,1H3/t7-;/m0./s1. The van der Waals surface area contributed by atoms with Crippen molar-refractivity contribution < 1.29 is 14.6 Å². The average molecular weight is 176 g/mol. The van der Waals surface area contributed by atoms with E-state index < -0.39 is 0 Å². The van der Waals surface area contributed by atoms with Crippen molar-refractivity contribution in [3.63, 3.8) is 0 Å². The van der Waals surface area contributed by atoms with Gasteiger partial charge in [0.1, 0.15) is 0 Å². The van der Waals surface area contributed by atoms with Crippen LogP contribution in [-0.2, 0) is 9.47 Å². The third kappa shape index (κ3) is 6.58. The molecule has 1 fully saturated rings. The van der Waals surface area contributed by atoms with Gasteiger partial charge in [0.05, 0.1) is 6.10 Å². The van der Waals surface area contributed by atoms with Gasteiger partial charge in [0.2, 0.25) is 0 Å². The number of aliphatic hydroxyl groups is 1. The van der Waals surface area contributed by atoms with Crippen molar-refractivity contribution in [3.05, 3.63) is 0 Å². The van der Waals surface area contributed by atoms with Crippen LogP contribution in [0.2, 0.25) is 0 Å².